The quantitative estimate of drug-likeness (QED) is 0.784. The second-order valence-electron chi connectivity index (χ2n) is 5.70. The zero-order valence-corrected chi connectivity index (χ0v) is 13.1. The van der Waals surface area contributed by atoms with E-state index >= 15 is 0 Å². The lowest BCUT2D eigenvalue weighted by Gasteiger charge is -2.34. The Balaban J connectivity index is 2.36. The topological polar surface area (TPSA) is 47.7 Å². The van der Waals surface area contributed by atoms with Crippen LogP contribution in [-0.2, 0) is 5.54 Å². The van der Waals surface area contributed by atoms with E-state index in [1.165, 1.54) is 12.8 Å². The Labute approximate surface area is 127 Å². The molecule has 4 heteroatoms. The molecule has 1 heterocycles. The van der Waals surface area contributed by atoms with Crippen LogP contribution in [-0.4, -0.2) is 38.8 Å². The molecule has 1 aliphatic rings. The number of likely N-dealkylation sites (tertiary alicyclic amines) is 1. The van der Waals surface area contributed by atoms with Crippen LogP contribution < -0.4 is 15.2 Å². The lowest BCUT2D eigenvalue weighted by molar-refractivity contribution is 0.242. The monoisotopic (exact) mass is 290 g/mol. The van der Waals surface area contributed by atoms with E-state index in [9.17, 15) is 0 Å². The third kappa shape index (κ3) is 3.57. The van der Waals surface area contributed by atoms with E-state index in [0.29, 0.717) is 6.42 Å². The van der Waals surface area contributed by atoms with Gasteiger partial charge in [-0.1, -0.05) is 6.08 Å². The van der Waals surface area contributed by atoms with Gasteiger partial charge >= 0.3 is 0 Å². The van der Waals surface area contributed by atoms with Gasteiger partial charge < -0.3 is 20.1 Å². The maximum Gasteiger partial charge on any atom is 0.124 e. The van der Waals surface area contributed by atoms with Crippen molar-refractivity contribution in [1.29, 1.82) is 0 Å². The van der Waals surface area contributed by atoms with Gasteiger partial charge in [-0.3, -0.25) is 0 Å². The minimum Gasteiger partial charge on any atom is -0.497 e. The average Bonchev–Trinajstić information content (AvgIpc) is 2.99. The molecule has 0 spiro atoms. The molecule has 0 radical (unpaired) electrons. The standard InChI is InChI=1S/C17H26N2O2/c1-4-9-17(18,13-19-10-5-6-11-19)15-12-14(20-2)7-8-16(15)21-3/h4,7-8,12H,1,5-6,9-11,13,18H2,2-3H3. The molecule has 1 aromatic rings. The highest BCUT2D eigenvalue weighted by molar-refractivity contribution is 5.45. The molecule has 0 aromatic heterocycles. The van der Waals surface area contributed by atoms with Gasteiger partial charge in [0.05, 0.1) is 19.8 Å². The number of rotatable bonds is 7. The summed E-state index contributed by atoms with van der Waals surface area (Å²) in [5, 5.41) is 0. The van der Waals surface area contributed by atoms with Crippen molar-refractivity contribution < 1.29 is 9.47 Å². The molecule has 1 atom stereocenters. The fraction of sp³-hybridized carbons (Fsp3) is 0.529. The number of nitrogens with zero attached hydrogens (tertiary/aromatic N) is 1. The summed E-state index contributed by atoms with van der Waals surface area (Å²) in [7, 11) is 3.34. The number of benzene rings is 1. The van der Waals surface area contributed by atoms with Crippen molar-refractivity contribution in [2.75, 3.05) is 33.9 Å². The Bertz CT molecular complexity index is 484. The molecule has 1 saturated heterocycles. The van der Waals surface area contributed by atoms with E-state index in [-0.39, 0.29) is 0 Å². The van der Waals surface area contributed by atoms with Gasteiger partial charge in [-0.25, -0.2) is 0 Å². The normalized spacial score (nSPS) is 18.2. The molecule has 116 valence electrons. The minimum absolute atomic E-state index is 0.508. The number of methoxy groups -OCH3 is 2. The van der Waals surface area contributed by atoms with E-state index in [1.807, 2.05) is 24.3 Å². The molecule has 0 amide bonds. The third-order valence-electron chi connectivity index (χ3n) is 4.16. The van der Waals surface area contributed by atoms with Crippen molar-refractivity contribution in [3.8, 4) is 11.5 Å². The van der Waals surface area contributed by atoms with Crippen LogP contribution in [0.5, 0.6) is 11.5 Å². The molecule has 0 bridgehead atoms. The van der Waals surface area contributed by atoms with E-state index in [1.54, 1.807) is 14.2 Å². The molecular weight excluding hydrogens is 264 g/mol. The highest BCUT2D eigenvalue weighted by Crippen LogP contribution is 2.35. The maximum absolute atomic E-state index is 6.76. The predicted molar refractivity (Wildman–Crippen MR) is 85.9 cm³/mol. The third-order valence-corrected chi connectivity index (χ3v) is 4.16. The van der Waals surface area contributed by atoms with Gasteiger partial charge in [0, 0.05) is 12.1 Å². The summed E-state index contributed by atoms with van der Waals surface area (Å²) in [6.45, 7) is 6.91. The highest BCUT2D eigenvalue weighted by atomic mass is 16.5. The number of hydrogen-bond acceptors (Lipinski definition) is 4. The smallest absolute Gasteiger partial charge is 0.124 e. The van der Waals surface area contributed by atoms with Crippen molar-refractivity contribution in [2.45, 2.75) is 24.8 Å². The summed E-state index contributed by atoms with van der Waals surface area (Å²) in [4.78, 5) is 2.42. The summed E-state index contributed by atoms with van der Waals surface area (Å²) in [6.07, 6.45) is 5.08. The maximum atomic E-state index is 6.76. The molecule has 1 aromatic carbocycles. The van der Waals surface area contributed by atoms with E-state index in [0.717, 1.165) is 36.7 Å². The zero-order valence-electron chi connectivity index (χ0n) is 13.1. The number of ether oxygens (including phenoxy) is 2. The lowest BCUT2D eigenvalue weighted by atomic mass is 9.86. The molecule has 2 N–H and O–H groups in total. The van der Waals surface area contributed by atoms with Crippen LogP contribution in [0.4, 0.5) is 0 Å². The first-order valence-electron chi connectivity index (χ1n) is 7.47. The van der Waals surface area contributed by atoms with Crippen LogP contribution >= 0.6 is 0 Å². The van der Waals surface area contributed by atoms with Gasteiger partial charge in [-0.05, 0) is 50.6 Å². The van der Waals surface area contributed by atoms with E-state index in [2.05, 4.69) is 11.5 Å². The Morgan fingerprint density at radius 2 is 2.00 bits per heavy atom. The Hall–Kier alpha value is -1.52. The molecular formula is C17H26N2O2. The van der Waals surface area contributed by atoms with Crippen molar-refractivity contribution in [2.24, 2.45) is 5.73 Å². The van der Waals surface area contributed by atoms with Gasteiger partial charge in [0.25, 0.3) is 0 Å². The summed E-state index contributed by atoms with van der Waals surface area (Å²) < 4.78 is 10.9. The number of nitrogens with two attached hydrogens (primary N) is 1. The van der Waals surface area contributed by atoms with Crippen LogP contribution in [0.1, 0.15) is 24.8 Å². The summed E-state index contributed by atoms with van der Waals surface area (Å²) in [5.74, 6) is 1.60. The fourth-order valence-electron chi connectivity index (χ4n) is 3.06. The SMILES string of the molecule is C=CCC(N)(CN1CCCC1)c1cc(OC)ccc1OC. The molecule has 21 heavy (non-hydrogen) atoms. The summed E-state index contributed by atoms with van der Waals surface area (Å²) in [6, 6.07) is 5.80. The largest absolute Gasteiger partial charge is 0.497 e. The number of hydrogen-bond donors (Lipinski definition) is 1. The van der Waals surface area contributed by atoms with Crippen molar-refractivity contribution in [3.63, 3.8) is 0 Å². The van der Waals surface area contributed by atoms with Gasteiger partial charge in [0.1, 0.15) is 11.5 Å². The average molecular weight is 290 g/mol. The predicted octanol–water partition coefficient (Wildman–Crippen LogP) is 2.53. The zero-order chi connectivity index (χ0) is 15.3. The van der Waals surface area contributed by atoms with Crippen molar-refractivity contribution in [3.05, 3.63) is 36.4 Å². The Kier molecular flexibility index (Phi) is 5.26. The van der Waals surface area contributed by atoms with E-state index in [4.69, 9.17) is 15.2 Å². The first kappa shape index (κ1) is 15.9. The van der Waals surface area contributed by atoms with Crippen LogP contribution in [0.15, 0.2) is 30.9 Å². The van der Waals surface area contributed by atoms with Gasteiger partial charge in [0.2, 0.25) is 0 Å². The fourth-order valence-corrected chi connectivity index (χ4v) is 3.06. The molecule has 4 nitrogen and oxygen atoms in total. The van der Waals surface area contributed by atoms with Crippen molar-refractivity contribution in [1.82, 2.24) is 4.90 Å². The molecule has 2 rings (SSSR count). The van der Waals surface area contributed by atoms with Gasteiger partial charge in [-0.15, -0.1) is 6.58 Å². The summed E-state index contributed by atoms with van der Waals surface area (Å²) >= 11 is 0. The Morgan fingerprint density at radius 1 is 1.29 bits per heavy atom. The highest BCUT2D eigenvalue weighted by Gasteiger charge is 2.32. The van der Waals surface area contributed by atoms with Crippen LogP contribution in [0, 0.1) is 0 Å². The molecule has 0 aliphatic carbocycles. The van der Waals surface area contributed by atoms with Crippen LogP contribution in [0.25, 0.3) is 0 Å². The molecule has 0 saturated carbocycles. The van der Waals surface area contributed by atoms with E-state index < -0.39 is 5.54 Å². The first-order valence-corrected chi connectivity index (χ1v) is 7.47. The molecule has 1 unspecified atom stereocenters. The van der Waals surface area contributed by atoms with Gasteiger partial charge in [0.15, 0.2) is 0 Å². The second kappa shape index (κ2) is 6.96. The second-order valence-corrected chi connectivity index (χ2v) is 5.70. The van der Waals surface area contributed by atoms with Crippen LogP contribution in [0.3, 0.4) is 0 Å². The van der Waals surface area contributed by atoms with Gasteiger partial charge in [-0.2, -0.15) is 0 Å². The Morgan fingerprint density at radius 3 is 2.57 bits per heavy atom. The lowest BCUT2D eigenvalue weighted by Crippen LogP contribution is -2.47. The summed E-state index contributed by atoms with van der Waals surface area (Å²) in [5.41, 5.74) is 7.24. The van der Waals surface area contributed by atoms with Crippen molar-refractivity contribution >= 4 is 0 Å². The molecule has 1 fully saturated rings. The molecule has 1 aliphatic heterocycles. The minimum atomic E-state index is -0.508. The van der Waals surface area contributed by atoms with Crippen LogP contribution in [0.2, 0.25) is 0 Å². The first-order chi connectivity index (χ1) is 10.1.